The van der Waals surface area contributed by atoms with E-state index in [1.807, 2.05) is 42.5 Å². The molecule has 1 N–H and O–H groups in total. The summed E-state index contributed by atoms with van der Waals surface area (Å²) < 4.78 is 16.4. The minimum atomic E-state index is -0.0342. The van der Waals surface area contributed by atoms with Gasteiger partial charge in [0, 0.05) is 28.2 Å². The van der Waals surface area contributed by atoms with Gasteiger partial charge in [-0.15, -0.1) is 11.3 Å². The Morgan fingerprint density at radius 2 is 1.93 bits per heavy atom. The van der Waals surface area contributed by atoms with Crippen LogP contribution in [0, 0.1) is 0 Å². The summed E-state index contributed by atoms with van der Waals surface area (Å²) in [6.45, 7) is 4.08. The Bertz CT molecular complexity index is 1070. The maximum absolute atomic E-state index is 12.6. The van der Waals surface area contributed by atoms with E-state index in [9.17, 15) is 4.79 Å². The first-order chi connectivity index (χ1) is 14.6. The zero-order chi connectivity index (χ0) is 21.1. The molecule has 30 heavy (non-hydrogen) atoms. The molecule has 0 unspecified atom stereocenters. The Hall–Kier alpha value is -3.25. The summed E-state index contributed by atoms with van der Waals surface area (Å²) in [5.41, 5.74) is 3.98. The minimum absolute atomic E-state index is 0.00612. The average Bonchev–Trinajstić information content (AvgIpc) is 3.20. The monoisotopic (exact) mass is 421 g/mol. The molecule has 1 amide bonds. The molecule has 0 fully saturated rings. The molecule has 0 bridgehead atoms. The summed E-state index contributed by atoms with van der Waals surface area (Å²) in [4.78, 5) is 13.7. The number of ether oxygens (including phenoxy) is 3. The fourth-order valence-electron chi connectivity index (χ4n) is 3.65. The fourth-order valence-corrected chi connectivity index (χ4v) is 4.81. The average molecular weight is 422 g/mol. The molecule has 1 aromatic heterocycles. The van der Waals surface area contributed by atoms with Crippen LogP contribution in [0.15, 0.2) is 60.5 Å². The molecular formula is C24H23NO4S. The third-order valence-corrected chi connectivity index (χ3v) is 6.23. The molecule has 2 aromatic carbocycles. The van der Waals surface area contributed by atoms with Crippen molar-refractivity contribution in [1.29, 1.82) is 0 Å². The topological polar surface area (TPSA) is 56.8 Å². The van der Waals surface area contributed by atoms with Crippen LogP contribution in [0.25, 0.3) is 11.1 Å². The predicted octanol–water partition coefficient (Wildman–Crippen LogP) is 5.47. The zero-order valence-corrected chi connectivity index (χ0v) is 17.8. The number of carbonyl (C=O) groups is 1. The van der Waals surface area contributed by atoms with Crippen molar-refractivity contribution in [2.75, 3.05) is 26.1 Å². The molecule has 5 nitrogen and oxygen atoms in total. The largest absolute Gasteiger partial charge is 0.497 e. The highest BCUT2D eigenvalue weighted by Gasteiger charge is 2.31. The highest BCUT2D eigenvalue weighted by Crippen LogP contribution is 2.47. The van der Waals surface area contributed by atoms with Crippen LogP contribution < -0.4 is 19.5 Å². The van der Waals surface area contributed by atoms with Crippen LogP contribution in [0.2, 0.25) is 0 Å². The van der Waals surface area contributed by atoms with Gasteiger partial charge in [0.25, 0.3) is 0 Å². The molecule has 0 saturated carbocycles. The predicted molar refractivity (Wildman–Crippen MR) is 120 cm³/mol. The molecule has 3 aromatic rings. The normalized spacial score (nSPS) is 15.1. The number of amides is 1. The van der Waals surface area contributed by atoms with Crippen LogP contribution in [0.4, 0.5) is 5.69 Å². The third kappa shape index (κ3) is 3.78. The fraction of sp³-hybridized carbons (Fsp3) is 0.208. The number of nitrogens with one attached hydrogen (secondary N) is 1. The van der Waals surface area contributed by atoms with Crippen LogP contribution in [-0.4, -0.2) is 26.7 Å². The zero-order valence-electron chi connectivity index (χ0n) is 16.9. The highest BCUT2D eigenvalue weighted by molar-refractivity contribution is 7.11. The van der Waals surface area contributed by atoms with Crippen LogP contribution in [0.5, 0.6) is 17.2 Å². The lowest BCUT2D eigenvalue weighted by Gasteiger charge is -2.24. The number of benzene rings is 2. The van der Waals surface area contributed by atoms with Gasteiger partial charge in [-0.1, -0.05) is 30.9 Å². The number of methoxy groups -OCH3 is 2. The molecule has 2 heterocycles. The Kier molecular flexibility index (Phi) is 5.77. The summed E-state index contributed by atoms with van der Waals surface area (Å²) in [6.07, 6.45) is 2.09. The Balaban J connectivity index is 1.71. The first-order valence-electron chi connectivity index (χ1n) is 9.62. The van der Waals surface area contributed by atoms with Crippen molar-refractivity contribution in [3.63, 3.8) is 0 Å². The number of hydrogen-bond acceptors (Lipinski definition) is 5. The quantitative estimate of drug-likeness (QED) is 0.514. The number of thiophene rings is 1. The molecule has 0 spiro atoms. The second kappa shape index (κ2) is 8.63. The van der Waals surface area contributed by atoms with E-state index in [2.05, 4.69) is 17.3 Å². The molecule has 0 radical (unpaired) electrons. The molecule has 4 rings (SSSR count). The number of rotatable bonds is 7. The SMILES string of the molecule is C=CCOc1ccc([C@@H]2CC(=O)Nc3c(-c4ccc(OC)cc4)csc32)cc1OC. The lowest BCUT2D eigenvalue weighted by atomic mass is 9.89. The molecule has 154 valence electrons. The lowest BCUT2D eigenvalue weighted by molar-refractivity contribution is -0.116. The number of fused-ring (bicyclic) bond motifs is 1. The standard InChI is InChI=1S/C24H23NO4S/c1-4-11-29-20-10-7-16(12-21(20)28-3)18-13-22(26)25-23-19(14-30-24(18)23)15-5-8-17(27-2)9-6-15/h4-10,12,14,18H,1,11,13H2,2-3H3,(H,25,26)/t18-/m0/s1. The van der Waals surface area contributed by atoms with Gasteiger partial charge in [-0.3, -0.25) is 4.79 Å². The Labute approximate surface area is 179 Å². The van der Waals surface area contributed by atoms with Gasteiger partial charge in [0.2, 0.25) is 5.91 Å². The molecule has 0 aliphatic carbocycles. The number of hydrogen-bond donors (Lipinski definition) is 1. The summed E-state index contributed by atoms with van der Waals surface area (Å²) in [6, 6.07) is 13.7. The van der Waals surface area contributed by atoms with Gasteiger partial charge < -0.3 is 19.5 Å². The number of carbonyl (C=O) groups excluding carboxylic acids is 1. The van der Waals surface area contributed by atoms with Crippen LogP contribution in [0.1, 0.15) is 22.8 Å². The molecule has 1 atom stereocenters. The smallest absolute Gasteiger partial charge is 0.225 e. The van der Waals surface area contributed by atoms with E-state index < -0.39 is 0 Å². The molecule has 1 aliphatic rings. The first-order valence-corrected chi connectivity index (χ1v) is 10.5. The second-order valence-electron chi connectivity index (χ2n) is 6.93. The van der Waals surface area contributed by atoms with E-state index in [-0.39, 0.29) is 11.8 Å². The summed E-state index contributed by atoms with van der Waals surface area (Å²) in [5, 5.41) is 5.18. The third-order valence-electron chi connectivity index (χ3n) is 5.14. The van der Waals surface area contributed by atoms with Gasteiger partial charge in [-0.25, -0.2) is 0 Å². The van der Waals surface area contributed by atoms with Gasteiger partial charge in [0.05, 0.1) is 19.9 Å². The van der Waals surface area contributed by atoms with E-state index in [1.165, 1.54) is 0 Å². The first kappa shape index (κ1) is 20.0. The maximum atomic E-state index is 12.6. The summed E-state index contributed by atoms with van der Waals surface area (Å²) in [7, 11) is 3.26. The van der Waals surface area contributed by atoms with Crippen LogP contribution >= 0.6 is 11.3 Å². The van der Waals surface area contributed by atoms with E-state index in [1.54, 1.807) is 31.6 Å². The molecule has 6 heteroatoms. The van der Waals surface area contributed by atoms with E-state index in [0.29, 0.717) is 24.5 Å². The summed E-state index contributed by atoms with van der Waals surface area (Å²) in [5.74, 6) is 2.08. The van der Waals surface area contributed by atoms with Gasteiger partial charge in [0.15, 0.2) is 11.5 Å². The molecule has 1 aliphatic heterocycles. The van der Waals surface area contributed by atoms with Crippen LogP contribution in [0.3, 0.4) is 0 Å². The van der Waals surface area contributed by atoms with E-state index in [4.69, 9.17) is 14.2 Å². The van der Waals surface area contributed by atoms with Crippen molar-refractivity contribution in [2.24, 2.45) is 0 Å². The van der Waals surface area contributed by atoms with E-state index in [0.717, 1.165) is 33.0 Å². The van der Waals surface area contributed by atoms with Gasteiger partial charge >= 0.3 is 0 Å². The maximum Gasteiger partial charge on any atom is 0.225 e. The van der Waals surface area contributed by atoms with Crippen molar-refractivity contribution < 1.29 is 19.0 Å². The van der Waals surface area contributed by atoms with Gasteiger partial charge in [-0.2, -0.15) is 0 Å². The van der Waals surface area contributed by atoms with Crippen molar-refractivity contribution in [3.8, 4) is 28.4 Å². The lowest BCUT2D eigenvalue weighted by Crippen LogP contribution is -2.22. The Morgan fingerprint density at radius 3 is 2.63 bits per heavy atom. The summed E-state index contributed by atoms with van der Waals surface area (Å²) >= 11 is 1.66. The highest BCUT2D eigenvalue weighted by atomic mass is 32.1. The van der Waals surface area contributed by atoms with Crippen molar-refractivity contribution in [2.45, 2.75) is 12.3 Å². The van der Waals surface area contributed by atoms with Crippen molar-refractivity contribution in [1.82, 2.24) is 0 Å². The van der Waals surface area contributed by atoms with Gasteiger partial charge in [0.1, 0.15) is 12.4 Å². The van der Waals surface area contributed by atoms with Crippen molar-refractivity contribution >= 4 is 22.9 Å². The molecule has 0 saturated heterocycles. The van der Waals surface area contributed by atoms with Crippen molar-refractivity contribution in [3.05, 3.63) is 70.9 Å². The molecular weight excluding hydrogens is 398 g/mol. The van der Waals surface area contributed by atoms with Crippen LogP contribution in [-0.2, 0) is 4.79 Å². The Morgan fingerprint density at radius 1 is 1.13 bits per heavy atom. The van der Waals surface area contributed by atoms with Gasteiger partial charge in [-0.05, 0) is 35.4 Å². The van der Waals surface area contributed by atoms with E-state index >= 15 is 0 Å². The minimum Gasteiger partial charge on any atom is -0.497 e. The number of anilines is 1. The second-order valence-corrected chi connectivity index (χ2v) is 7.84.